The topological polar surface area (TPSA) is 55.1 Å². The predicted molar refractivity (Wildman–Crippen MR) is 76.9 cm³/mol. The first-order chi connectivity index (χ1) is 7.88. The van der Waals surface area contributed by atoms with E-state index in [0.717, 1.165) is 25.7 Å². The lowest BCUT2D eigenvalue weighted by Gasteiger charge is -2.19. The van der Waals surface area contributed by atoms with E-state index < -0.39 is 0 Å². The Morgan fingerprint density at radius 1 is 1.24 bits per heavy atom. The average molecular weight is 258 g/mol. The van der Waals surface area contributed by atoms with Gasteiger partial charge in [0.15, 0.2) is 0 Å². The van der Waals surface area contributed by atoms with Gasteiger partial charge in [0, 0.05) is 6.04 Å². The van der Waals surface area contributed by atoms with Gasteiger partial charge in [-0.3, -0.25) is 4.79 Å². The number of carbonyl (C=O) groups is 1. The van der Waals surface area contributed by atoms with Crippen molar-refractivity contribution >= 4 is 23.1 Å². The highest BCUT2D eigenvalue weighted by molar-refractivity contribution is 7.80. The first kappa shape index (κ1) is 16.4. The van der Waals surface area contributed by atoms with Crippen molar-refractivity contribution in [2.24, 2.45) is 17.6 Å². The quantitative estimate of drug-likeness (QED) is 0.658. The molecule has 0 fully saturated rings. The molecule has 0 rings (SSSR count). The van der Waals surface area contributed by atoms with Crippen molar-refractivity contribution in [2.45, 2.75) is 59.4 Å². The molecule has 0 spiro atoms. The Kier molecular flexibility index (Phi) is 8.13. The molecule has 0 aliphatic carbocycles. The number of nitrogens with one attached hydrogen (secondary N) is 1. The van der Waals surface area contributed by atoms with E-state index in [2.05, 4.69) is 19.2 Å². The van der Waals surface area contributed by atoms with Gasteiger partial charge in [0.05, 0.1) is 10.9 Å². The molecule has 2 atom stereocenters. The molecule has 0 aliphatic heterocycles. The highest BCUT2D eigenvalue weighted by Gasteiger charge is 2.21. The fraction of sp³-hybridized carbons (Fsp3) is 0.846. The summed E-state index contributed by atoms with van der Waals surface area (Å²) in [6, 6.07) is 0.193. The third-order valence-corrected chi connectivity index (χ3v) is 3.09. The van der Waals surface area contributed by atoms with Crippen molar-refractivity contribution in [3.05, 3.63) is 0 Å². The summed E-state index contributed by atoms with van der Waals surface area (Å²) in [7, 11) is 0. The van der Waals surface area contributed by atoms with Gasteiger partial charge >= 0.3 is 0 Å². The largest absolute Gasteiger partial charge is 0.393 e. The van der Waals surface area contributed by atoms with Crippen molar-refractivity contribution in [1.82, 2.24) is 5.32 Å². The fourth-order valence-electron chi connectivity index (χ4n) is 1.69. The molecule has 1 amide bonds. The van der Waals surface area contributed by atoms with Crippen LogP contribution in [0.3, 0.4) is 0 Å². The van der Waals surface area contributed by atoms with E-state index in [1.165, 1.54) is 0 Å². The fourth-order valence-corrected chi connectivity index (χ4v) is 1.92. The van der Waals surface area contributed by atoms with Crippen molar-refractivity contribution in [1.29, 1.82) is 0 Å². The molecular formula is C13H26N2OS. The molecule has 2 unspecified atom stereocenters. The smallest absolute Gasteiger partial charge is 0.230 e. The number of rotatable bonds is 8. The SMILES string of the molecule is CCCC(C(=O)NC(C)CCC(C)C)C(N)=S. The van der Waals surface area contributed by atoms with Gasteiger partial charge in [-0.15, -0.1) is 0 Å². The van der Waals surface area contributed by atoms with Gasteiger partial charge in [-0.2, -0.15) is 0 Å². The number of amides is 1. The standard InChI is InChI=1S/C13H26N2OS/c1-5-6-11(12(14)17)13(16)15-10(4)8-7-9(2)3/h9-11H,5-8H2,1-4H3,(H2,14,17)(H,15,16). The van der Waals surface area contributed by atoms with Crippen molar-refractivity contribution in [3.8, 4) is 0 Å². The van der Waals surface area contributed by atoms with E-state index in [4.69, 9.17) is 18.0 Å². The lowest BCUT2D eigenvalue weighted by Crippen LogP contribution is -2.42. The summed E-state index contributed by atoms with van der Waals surface area (Å²) >= 11 is 4.93. The lowest BCUT2D eigenvalue weighted by atomic mass is 10.0. The van der Waals surface area contributed by atoms with Crippen LogP contribution in [0.1, 0.15) is 53.4 Å². The first-order valence-corrected chi connectivity index (χ1v) is 6.89. The number of hydrogen-bond donors (Lipinski definition) is 2. The molecule has 3 nitrogen and oxygen atoms in total. The normalized spacial score (nSPS) is 14.4. The van der Waals surface area contributed by atoms with Crippen LogP contribution in [-0.4, -0.2) is 16.9 Å². The summed E-state index contributed by atoms with van der Waals surface area (Å²) in [5.74, 6) is 0.337. The van der Waals surface area contributed by atoms with E-state index in [0.29, 0.717) is 10.9 Å². The summed E-state index contributed by atoms with van der Waals surface area (Å²) in [6.07, 6.45) is 3.76. The average Bonchev–Trinajstić information content (AvgIpc) is 2.22. The highest BCUT2D eigenvalue weighted by Crippen LogP contribution is 2.10. The highest BCUT2D eigenvalue weighted by atomic mass is 32.1. The van der Waals surface area contributed by atoms with Gasteiger partial charge in [0.25, 0.3) is 0 Å². The van der Waals surface area contributed by atoms with E-state index in [9.17, 15) is 4.79 Å². The molecule has 0 aromatic carbocycles. The third-order valence-electron chi connectivity index (χ3n) is 2.80. The molecule has 0 heterocycles. The molecule has 0 saturated heterocycles. The molecule has 4 heteroatoms. The summed E-state index contributed by atoms with van der Waals surface area (Å²) in [6.45, 7) is 8.43. The molecule has 3 N–H and O–H groups in total. The molecule has 17 heavy (non-hydrogen) atoms. The van der Waals surface area contributed by atoms with Crippen molar-refractivity contribution < 1.29 is 4.79 Å². The molecule has 0 aromatic rings. The minimum atomic E-state index is -0.309. The second-order valence-electron chi connectivity index (χ2n) is 5.12. The van der Waals surface area contributed by atoms with Crippen LogP contribution in [0.25, 0.3) is 0 Å². The van der Waals surface area contributed by atoms with Crippen molar-refractivity contribution in [2.75, 3.05) is 0 Å². The summed E-state index contributed by atoms with van der Waals surface area (Å²) in [4.78, 5) is 12.3. The molecule has 0 radical (unpaired) electrons. The monoisotopic (exact) mass is 258 g/mol. The van der Waals surface area contributed by atoms with Crippen LogP contribution >= 0.6 is 12.2 Å². The minimum Gasteiger partial charge on any atom is -0.393 e. The number of nitrogens with two attached hydrogens (primary N) is 1. The van der Waals surface area contributed by atoms with Crippen molar-refractivity contribution in [3.63, 3.8) is 0 Å². The zero-order valence-corrected chi connectivity index (χ0v) is 12.3. The predicted octanol–water partition coefficient (Wildman–Crippen LogP) is 2.63. The van der Waals surface area contributed by atoms with Crippen LogP contribution in [0.5, 0.6) is 0 Å². The summed E-state index contributed by atoms with van der Waals surface area (Å²) in [5, 5.41) is 3.00. The lowest BCUT2D eigenvalue weighted by molar-refractivity contribution is -0.123. The van der Waals surface area contributed by atoms with E-state index >= 15 is 0 Å². The van der Waals surface area contributed by atoms with Gasteiger partial charge in [-0.1, -0.05) is 39.4 Å². The second kappa shape index (κ2) is 8.45. The minimum absolute atomic E-state index is 0.0180. The maximum Gasteiger partial charge on any atom is 0.230 e. The molecule has 0 aliphatic rings. The van der Waals surface area contributed by atoms with E-state index in [1.54, 1.807) is 0 Å². The Morgan fingerprint density at radius 3 is 2.24 bits per heavy atom. The van der Waals surface area contributed by atoms with Crippen LogP contribution < -0.4 is 11.1 Å². The van der Waals surface area contributed by atoms with Crippen LogP contribution in [-0.2, 0) is 4.79 Å². The van der Waals surface area contributed by atoms with Crippen LogP contribution in [0, 0.1) is 11.8 Å². The van der Waals surface area contributed by atoms with Gasteiger partial charge in [-0.25, -0.2) is 0 Å². The Hall–Kier alpha value is -0.640. The van der Waals surface area contributed by atoms with Gasteiger partial charge in [0.1, 0.15) is 0 Å². The Bertz CT molecular complexity index is 254. The molecule has 0 aromatic heterocycles. The van der Waals surface area contributed by atoms with Crippen LogP contribution in [0.4, 0.5) is 0 Å². The maximum absolute atomic E-state index is 12.0. The van der Waals surface area contributed by atoms with Crippen LogP contribution in [0.2, 0.25) is 0 Å². The third kappa shape index (κ3) is 7.31. The number of hydrogen-bond acceptors (Lipinski definition) is 2. The van der Waals surface area contributed by atoms with Gasteiger partial charge < -0.3 is 11.1 Å². The summed E-state index contributed by atoms with van der Waals surface area (Å²) < 4.78 is 0. The molecule has 0 saturated carbocycles. The Morgan fingerprint density at radius 2 is 1.82 bits per heavy atom. The first-order valence-electron chi connectivity index (χ1n) is 6.48. The Balaban J connectivity index is 4.16. The van der Waals surface area contributed by atoms with E-state index in [-0.39, 0.29) is 17.9 Å². The zero-order chi connectivity index (χ0) is 13.4. The number of thiocarbonyl (C=S) groups is 1. The Labute approximate surface area is 111 Å². The number of carbonyl (C=O) groups excluding carboxylic acids is 1. The van der Waals surface area contributed by atoms with Gasteiger partial charge in [-0.05, 0) is 32.1 Å². The molecular weight excluding hydrogens is 232 g/mol. The van der Waals surface area contributed by atoms with Gasteiger partial charge in [0.2, 0.25) is 5.91 Å². The molecule has 100 valence electrons. The zero-order valence-electron chi connectivity index (χ0n) is 11.5. The summed E-state index contributed by atoms with van der Waals surface area (Å²) in [5.41, 5.74) is 5.59. The van der Waals surface area contributed by atoms with Crippen LogP contribution in [0.15, 0.2) is 0 Å². The van der Waals surface area contributed by atoms with E-state index in [1.807, 2.05) is 13.8 Å². The second-order valence-corrected chi connectivity index (χ2v) is 5.60. The molecule has 0 bridgehead atoms. The maximum atomic E-state index is 12.0.